The SMILES string of the molecule is CCC(=O)Nc1ccccc1-c1cn2c(n1)SCC2. The molecular formula is C14H15N3OS. The summed E-state index contributed by atoms with van der Waals surface area (Å²) in [4.78, 5) is 16.2. The molecule has 1 aliphatic heterocycles. The number of para-hydroxylation sites is 1. The molecule has 5 heteroatoms. The summed E-state index contributed by atoms with van der Waals surface area (Å²) in [5.74, 6) is 1.12. The zero-order chi connectivity index (χ0) is 13.2. The first kappa shape index (κ1) is 12.3. The standard InChI is InChI=1S/C14H15N3OS/c1-2-13(18)15-11-6-4-3-5-10(11)12-9-17-7-8-19-14(17)16-12/h3-6,9H,2,7-8H2,1H3,(H,15,18). The Balaban J connectivity index is 1.97. The van der Waals surface area contributed by atoms with Crippen molar-refractivity contribution in [2.45, 2.75) is 25.0 Å². The number of carbonyl (C=O) groups excluding carboxylic acids is 1. The number of nitrogens with zero attached hydrogens (tertiary/aromatic N) is 2. The van der Waals surface area contributed by atoms with Gasteiger partial charge in [-0.05, 0) is 6.07 Å². The Morgan fingerprint density at radius 3 is 3.11 bits per heavy atom. The van der Waals surface area contributed by atoms with Crippen LogP contribution in [0, 0.1) is 0 Å². The summed E-state index contributed by atoms with van der Waals surface area (Å²) in [6.45, 7) is 2.86. The van der Waals surface area contributed by atoms with E-state index in [0.29, 0.717) is 6.42 Å². The number of thioether (sulfide) groups is 1. The van der Waals surface area contributed by atoms with Gasteiger partial charge in [0.05, 0.1) is 11.4 Å². The molecule has 0 spiro atoms. The van der Waals surface area contributed by atoms with Gasteiger partial charge in [-0.3, -0.25) is 4.79 Å². The van der Waals surface area contributed by atoms with Gasteiger partial charge >= 0.3 is 0 Å². The number of benzene rings is 1. The number of aryl methyl sites for hydroxylation is 1. The maximum atomic E-state index is 11.6. The van der Waals surface area contributed by atoms with Crippen molar-refractivity contribution < 1.29 is 4.79 Å². The van der Waals surface area contributed by atoms with Gasteiger partial charge in [0.1, 0.15) is 0 Å². The van der Waals surface area contributed by atoms with E-state index in [9.17, 15) is 4.79 Å². The molecule has 1 amide bonds. The van der Waals surface area contributed by atoms with E-state index in [-0.39, 0.29) is 5.91 Å². The minimum absolute atomic E-state index is 0.0218. The lowest BCUT2D eigenvalue weighted by atomic mass is 10.1. The minimum Gasteiger partial charge on any atom is -0.325 e. The highest BCUT2D eigenvalue weighted by molar-refractivity contribution is 7.99. The Labute approximate surface area is 116 Å². The van der Waals surface area contributed by atoms with Crippen molar-refractivity contribution >= 4 is 23.4 Å². The second-order valence-corrected chi connectivity index (χ2v) is 5.46. The molecule has 0 saturated carbocycles. The normalized spacial score (nSPS) is 13.3. The van der Waals surface area contributed by atoms with Crippen molar-refractivity contribution in [2.24, 2.45) is 0 Å². The van der Waals surface area contributed by atoms with Gasteiger partial charge in [-0.1, -0.05) is 36.9 Å². The summed E-state index contributed by atoms with van der Waals surface area (Å²) < 4.78 is 2.17. The number of amides is 1. The molecule has 0 fully saturated rings. The molecule has 0 saturated heterocycles. The number of rotatable bonds is 3. The molecule has 2 heterocycles. The summed E-state index contributed by atoms with van der Waals surface area (Å²) in [6, 6.07) is 7.80. The molecule has 1 N–H and O–H groups in total. The number of hydrogen-bond donors (Lipinski definition) is 1. The predicted molar refractivity (Wildman–Crippen MR) is 77.3 cm³/mol. The van der Waals surface area contributed by atoms with E-state index in [1.165, 1.54) is 0 Å². The first-order valence-electron chi connectivity index (χ1n) is 6.37. The molecule has 0 unspecified atom stereocenters. The van der Waals surface area contributed by atoms with Gasteiger partial charge in [0, 0.05) is 30.5 Å². The third kappa shape index (κ3) is 2.38. The average molecular weight is 273 g/mol. The molecular weight excluding hydrogens is 258 g/mol. The molecule has 2 aromatic rings. The number of carbonyl (C=O) groups is 1. The Morgan fingerprint density at radius 1 is 1.47 bits per heavy atom. The van der Waals surface area contributed by atoms with Crippen LogP contribution < -0.4 is 5.32 Å². The maximum Gasteiger partial charge on any atom is 0.224 e. The number of imidazole rings is 1. The van der Waals surface area contributed by atoms with Gasteiger partial charge < -0.3 is 9.88 Å². The Hall–Kier alpha value is -1.75. The van der Waals surface area contributed by atoms with Gasteiger partial charge in [0.15, 0.2) is 5.16 Å². The quantitative estimate of drug-likeness (QED) is 0.935. The van der Waals surface area contributed by atoms with Crippen LogP contribution in [0.3, 0.4) is 0 Å². The lowest BCUT2D eigenvalue weighted by Gasteiger charge is -2.08. The topological polar surface area (TPSA) is 46.9 Å². The molecule has 19 heavy (non-hydrogen) atoms. The van der Waals surface area contributed by atoms with Gasteiger partial charge in [-0.2, -0.15) is 0 Å². The van der Waals surface area contributed by atoms with Crippen LogP contribution in [0.4, 0.5) is 5.69 Å². The van der Waals surface area contributed by atoms with Crippen LogP contribution in [0.25, 0.3) is 11.3 Å². The highest BCUT2D eigenvalue weighted by Gasteiger charge is 2.17. The second-order valence-electron chi connectivity index (χ2n) is 4.40. The van der Waals surface area contributed by atoms with Crippen molar-refractivity contribution in [2.75, 3.05) is 11.1 Å². The highest BCUT2D eigenvalue weighted by atomic mass is 32.2. The van der Waals surface area contributed by atoms with Gasteiger partial charge in [-0.15, -0.1) is 0 Å². The van der Waals surface area contributed by atoms with Crippen molar-refractivity contribution in [3.8, 4) is 11.3 Å². The van der Waals surface area contributed by atoms with Crippen molar-refractivity contribution in [3.05, 3.63) is 30.5 Å². The molecule has 0 aliphatic carbocycles. The maximum absolute atomic E-state index is 11.6. The molecule has 0 radical (unpaired) electrons. The summed E-state index contributed by atoms with van der Waals surface area (Å²) >= 11 is 1.77. The molecule has 3 rings (SSSR count). The fraction of sp³-hybridized carbons (Fsp3) is 0.286. The molecule has 0 atom stereocenters. The Morgan fingerprint density at radius 2 is 2.32 bits per heavy atom. The van der Waals surface area contributed by atoms with Crippen LogP contribution in [0.5, 0.6) is 0 Å². The molecule has 98 valence electrons. The Kier molecular flexibility index (Phi) is 3.29. The monoisotopic (exact) mass is 273 g/mol. The smallest absolute Gasteiger partial charge is 0.224 e. The molecule has 1 aromatic carbocycles. The molecule has 0 bridgehead atoms. The van der Waals surface area contributed by atoms with Crippen LogP contribution >= 0.6 is 11.8 Å². The third-order valence-electron chi connectivity index (χ3n) is 3.10. The largest absolute Gasteiger partial charge is 0.325 e. The number of nitrogens with one attached hydrogen (secondary N) is 1. The van der Waals surface area contributed by atoms with Crippen molar-refractivity contribution in [1.82, 2.24) is 9.55 Å². The van der Waals surface area contributed by atoms with E-state index in [0.717, 1.165) is 34.4 Å². The molecule has 1 aromatic heterocycles. The summed E-state index contributed by atoms with van der Waals surface area (Å²) in [7, 11) is 0. The first-order chi connectivity index (χ1) is 9.28. The fourth-order valence-electron chi connectivity index (χ4n) is 2.09. The van der Waals surface area contributed by atoms with Crippen LogP contribution in [0.15, 0.2) is 35.6 Å². The van der Waals surface area contributed by atoms with Gasteiger partial charge in [-0.25, -0.2) is 4.98 Å². The van der Waals surface area contributed by atoms with E-state index < -0.39 is 0 Å². The zero-order valence-electron chi connectivity index (χ0n) is 10.7. The number of anilines is 1. The van der Waals surface area contributed by atoms with Crippen molar-refractivity contribution in [1.29, 1.82) is 0 Å². The molecule has 4 nitrogen and oxygen atoms in total. The van der Waals surface area contributed by atoms with E-state index in [1.807, 2.05) is 31.2 Å². The van der Waals surface area contributed by atoms with Crippen LogP contribution in [0.1, 0.15) is 13.3 Å². The second kappa shape index (κ2) is 5.09. The number of fused-ring (bicyclic) bond motifs is 1. The number of hydrogen-bond acceptors (Lipinski definition) is 3. The molecule has 1 aliphatic rings. The van der Waals surface area contributed by atoms with E-state index in [4.69, 9.17) is 0 Å². The highest BCUT2D eigenvalue weighted by Crippen LogP contribution is 2.32. The number of aromatic nitrogens is 2. The third-order valence-corrected chi connectivity index (χ3v) is 4.07. The Bertz CT molecular complexity index is 599. The van der Waals surface area contributed by atoms with E-state index >= 15 is 0 Å². The first-order valence-corrected chi connectivity index (χ1v) is 7.35. The lowest BCUT2D eigenvalue weighted by molar-refractivity contribution is -0.115. The van der Waals surface area contributed by atoms with E-state index in [2.05, 4.69) is 21.1 Å². The lowest BCUT2D eigenvalue weighted by Crippen LogP contribution is -2.10. The van der Waals surface area contributed by atoms with Gasteiger partial charge in [0.2, 0.25) is 5.91 Å². The van der Waals surface area contributed by atoms with Crippen LogP contribution in [-0.2, 0) is 11.3 Å². The average Bonchev–Trinajstić information content (AvgIpc) is 3.00. The van der Waals surface area contributed by atoms with Gasteiger partial charge in [0.25, 0.3) is 0 Å². The zero-order valence-corrected chi connectivity index (χ0v) is 11.5. The van der Waals surface area contributed by atoms with Crippen LogP contribution in [0.2, 0.25) is 0 Å². The summed E-state index contributed by atoms with van der Waals surface area (Å²) in [5, 5.41) is 3.99. The summed E-state index contributed by atoms with van der Waals surface area (Å²) in [5.41, 5.74) is 2.73. The van der Waals surface area contributed by atoms with Crippen LogP contribution in [-0.4, -0.2) is 21.2 Å². The minimum atomic E-state index is 0.0218. The van der Waals surface area contributed by atoms with E-state index in [1.54, 1.807) is 11.8 Å². The fourth-order valence-corrected chi connectivity index (χ4v) is 3.04. The summed E-state index contributed by atoms with van der Waals surface area (Å²) in [6.07, 6.45) is 2.54. The van der Waals surface area contributed by atoms with Crippen molar-refractivity contribution in [3.63, 3.8) is 0 Å². The predicted octanol–water partition coefficient (Wildman–Crippen LogP) is 3.00.